The predicted molar refractivity (Wildman–Crippen MR) is 47.9 cm³/mol. The Kier molecular flexibility index (Phi) is 2.19. The van der Waals surface area contributed by atoms with Gasteiger partial charge in [0.15, 0.2) is 0 Å². The zero-order valence-electron chi connectivity index (χ0n) is 7.06. The van der Waals surface area contributed by atoms with Crippen molar-refractivity contribution in [2.45, 2.75) is 26.2 Å². The lowest BCUT2D eigenvalue weighted by Crippen LogP contribution is -2.12. The lowest BCUT2D eigenvalue weighted by atomic mass is 9.92. The summed E-state index contributed by atoms with van der Waals surface area (Å²) in [6.07, 6.45) is 0. The van der Waals surface area contributed by atoms with Crippen LogP contribution in [0.2, 0.25) is 5.15 Å². The van der Waals surface area contributed by atoms with E-state index >= 15 is 0 Å². The van der Waals surface area contributed by atoms with Gasteiger partial charge in [-0.25, -0.2) is 4.98 Å². The molecule has 0 spiro atoms. The molecular formula is C9H12ClN. The van der Waals surface area contributed by atoms with Gasteiger partial charge >= 0.3 is 0 Å². The summed E-state index contributed by atoms with van der Waals surface area (Å²) >= 11 is 5.74. The largest absolute Gasteiger partial charge is 0.241 e. The molecule has 1 aromatic heterocycles. The smallest absolute Gasteiger partial charge is 0.129 e. The number of halogens is 1. The second-order valence-corrected chi connectivity index (χ2v) is 3.98. The molecule has 0 aliphatic heterocycles. The van der Waals surface area contributed by atoms with Crippen LogP contribution in [0.5, 0.6) is 0 Å². The van der Waals surface area contributed by atoms with Crippen molar-refractivity contribution in [2.24, 2.45) is 0 Å². The number of pyridine rings is 1. The van der Waals surface area contributed by atoms with E-state index in [1.165, 1.54) is 0 Å². The van der Waals surface area contributed by atoms with E-state index in [9.17, 15) is 0 Å². The molecule has 0 bridgehead atoms. The van der Waals surface area contributed by atoms with Gasteiger partial charge in [0.2, 0.25) is 0 Å². The molecule has 0 amide bonds. The van der Waals surface area contributed by atoms with E-state index in [0.29, 0.717) is 5.15 Å². The molecule has 0 aliphatic carbocycles. The summed E-state index contributed by atoms with van der Waals surface area (Å²) < 4.78 is 0. The van der Waals surface area contributed by atoms with E-state index in [2.05, 4.69) is 25.8 Å². The highest BCUT2D eigenvalue weighted by Gasteiger charge is 2.14. The quantitative estimate of drug-likeness (QED) is 0.544. The Morgan fingerprint density at radius 1 is 1.27 bits per heavy atom. The van der Waals surface area contributed by atoms with Gasteiger partial charge < -0.3 is 0 Å². The minimum atomic E-state index is 0.0882. The minimum Gasteiger partial charge on any atom is -0.241 e. The molecule has 1 aromatic rings. The van der Waals surface area contributed by atoms with Crippen molar-refractivity contribution in [3.05, 3.63) is 29.0 Å². The lowest BCUT2D eigenvalue weighted by molar-refractivity contribution is 0.569. The van der Waals surface area contributed by atoms with E-state index in [1.807, 2.05) is 12.1 Å². The van der Waals surface area contributed by atoms with Crippen LogP contribution in [0.3, 0.4) is 0 Å². The Balaban J connectivity index is 3.06. The molecule has 1 heterocycles. The summed E-state index contributed by atoms with van der Waals surface area (Å²) in [5.74, 6) is 0. The first-order valence-corrected chi connectivity index (χ1v) is 4.01. The average Bonchev–Trinajstić information content (AvgIpc) is 1.86. The molecule has 0 N–H and O–H groups in total. The maximum absolute atomic E-state index is 5.74. The summed E-state index contributed by atoms with van der Waals surface area (Å²) in [6, 6.07) is 5.71. The fraction of sp³-hybridized carbons (Fsp3) is 0.444. The topological polar surface area (TPSA) is 12.9 Å². The maximum Gasteiger partial charge on any atom is 0.129 e. The molecule has 0 aromatic carbocycles. The highest BCUT2D eigenvalue weighted by Crippen LogP contribution is 2.20. The molecule has 0 radical (unpaired) electrons. The Labute approximate surface area is 72.4 Å². The van der Waals surface area contributed by atoms with Crippen LogP contribution in [0.4, 0.5) is 0 Å². The van der Waals surface area contributed by atoms with E-state index in [0.717, 1.165) is 5.69 Å². The number of hydrogen-bond acceptors (Lipinski definition) is 1. The van der Waals surface area contributed by atoms with E-state index in [1.54, 1.807) is 6.07 Å². The Morgan fingerprint density at radius 3 is 2.27 bits per heavy atom. The number of aromatic nitrogens is 1. The van der Waals surface area contributed by atoms with Gasteiger partial charge in [-0.1, -0.05) is 38.4 Å². The average molecular weight is 170 g/mol. The Morgan fingerprint density at radius 2 is 1.91 bits per heavy atom. The molecule has 0 unspecified atom stereocenters. The van der Waals surface area contributed by atoms with Crippen LogP contribution in [-0.2, 0) is 5.41 Å². The first-order valence-electron chi connectivity index (χ1n) is 3.63. The second-order valence-electron chi connectivity index (χ2n) is 3.60. The molecule has 11 heavy (non-hydrogen) atoms. The van der Waals surface area contributed by atoms with Gasteiger partial charge in [-0.15, -0.1) is 0 Å². The number of nitrogens with zero attached hydrogens (tertiary/aromatic N) is 1. The van der Waals surface area contributed by atoms with Crippen molar-refractivity contribution in [3.63, 3.8) is 0 Å². The van der Waals surface area contributed by atoms with Crippen molar-refractivity contribution < 1.29 is 0 Å². The molecule has 0 saturated heterocycles. The van der Waals surface area contributed by atoms with Crippen molar-refractivity contribution >= 4 is 11.6 Å². The molecule has 0 atom stereocenters. The molecule has 0 saturated carbocycles. The van der Waals surface area contributed by atoms with Crippen LogP contribution < -0.4 is 0 Å². The van der Waals surface area contributed by atoms with Crippen molar-refractivity contribution in [1.82, 2.24) is 4.98 Å². The van der Waals surface area contributed by atoms with Crippen LogP contribution in [0.15, 0.2) is 18.2 Å². The zero-order chi connectivity index (χ0) is 8.48. The molecule has 0 fully saturated rings. The SMILES string of the molecule is CC(C)(C)c1cccc(Cl)n1. The first kappa shape index (κ1) is 8.54. The van der Waals surface area contributed by atoms with Crippen LogP contribution >= 0.6 is 11.6 Å². The molecular weight excluding hydrogens is 158 g/mol. The van der Waals surface area contributed by atoms with Gasteiger partial charge in [-0.2, -0.15) is 0 Å². The summed E-state index contributed by atoms with van der Waals surface area (Å²) in [7, 11) is 0. The molecule has 1 rings (SSSR count). The van der Waals surface area contributed by atoms with Gasteiger partial charge in [0.05, 0.1) is 0 Å². The van der Waals surface area contributed by atoms with Crippen molar-refractivity contribution in [2.75, 3.05) is 0 Å². The highest BCUT2D eigenvalue weighted by atomic mass is 35.5. The number of rotatable bonds is 0. The fourth-order valence-electron chi connectivity index (χ4n) is 0.826. The summed E-state index contributed by atoms with van der Waals surface area (Å²) in [5, 5.41) is 0.567. The van der Waals surface area contributed by atoms with E-state index in [-0.39, 0.29) is 5.41 Å². The zero-order valence-corrected chi connectivity index (χ0v) is 7.81. The van der Waals surface area contributed by atoms with Crippen molar-refractivity contribution in [1.29, 1.82) is 0 Å². The summed E-state index contributed by atoms with van der Waals surface area (Å²) in [6.45, 7) is 6.35. The highest BCUT2D eigenvalue weighted by molar-refractivity contribution is 6.29. The van der Waals surface area contributed by atoms with Crippen LogP contribution in [0.1, 0.15) is 26.5 Å². The summed E-state index contributed by atoms with van der Waals surface area (Å²) in [5.41, 5.74) is 1.12. The third-order valence-corrected chi connectivity index (χ3v) is 1.69. The van der Waals surface area contributed by atoms with Gasteiger partial charge in [0.25, 0.3) is 0 Å². The van der Waals surface area contributed by atoms with Gasteiger partial charge in [0, 0.05) is 11.1 Å². The Hall–Kier alpha value is -0.560. The lowest BCUT2D eigenvalue weighted by Gasteiger charge is -2.17. The van der Waals surface area contributed by atoms with E-state index < -0.39 is 0 Å². The van der Waals surface area contributed by atoms with Crippen LogP contribution in [-0.4, -0.2) is 4.98 Å². The van der Waals surface area contributed by atoms with E-state index in [4.69, 9.17) is 11.6 Å². The third kappa shape index (κ3) is 2.19. The van der Waals surface area contributed by atoms with Crippen LogP contribution in [0.25, 0.3) is 0 Å². The molecule has 0 aliphatic rings. The van der Waals surface area contributed by atoms with Crippen LogP contribution in [0, 0.1) is 0 Å². The Bertz CT molecular complexity index is 250. The predicted octanol–water partition coefficient (Wildman–Crippen LogP) is 3.03. The number of hydrogen-bond donors (Lipinski definition) is 0. The molecule has 60 valence electrons. The summed E-state index contributed by atoms with van der Waals surface area (Å²) in [4.78, 5) is 4.21. The van der Waals surface area contributed by atoms with Crippen molar-refractivity contribution in [3.8, 4) is 0 Å². The van der Waals surface area contributed by atoms with Gasteiger partial charge in [0.1, 0.15) is 5.15 Å². The van der Waals surface area contributed by atoms with Gasteiger partial charge in [-0.3, -0.25) is 0 Å². The second kappa shape index (κ2) is 2.82. The molecule has 1 nitrogen and oxygen atoms in total. The molecule has 2 heteroatoms. The standard InChI is InChI=1S/C9H12ClN/c1-9(2,3)7-5-4-6-8(10)11-7/h4-6H,1-3H3. The fourth-order valence-corrected chi connectivity index (χ4v) is 0.990. The normalized spacial score (nSPS) is 11.6. The van der Waals surface area contributed by atoms with Gasteiger partial charge in [-0.05, 0) is 12.1 Å². The maximum atomic E-state index is 5.74. The minimum absolute atomic E-state index is 0.0882. The third-order valence-electron chi connectivity index (χ3n) is 1.48. The first-order chi connectivity index (χ1) is 5.00. The monoisotopic (exact) mass is 169 g/mol.